The molecule has 4 N–H and O–H groups in total. The van der Waals surface area contributed by atoms with Crippen molar-refractivity contribution in [1.82, 2.24) is 15.6 Å². The van der Waals surface area contributed by atoms with Gasteiger partial charge >= 0.3 is 0 Å². The zero-order valence-electron chi connectivity index (χ0n) is 18.1. The molecule has 0 unspecified atom stereocenters. The highest BCUT2D eigenvalue weighted by Gasteiger charge is 2.06. The summed E-state index contributed by atoms with van der Waals surface area (Å²) in [7, 11) is 0. The van der Waals surface area contributed by atoms with Gasteiger partial charge in [0.05, 0.1) is 6.54 Å². The third-order valence-electron chi connectivity index (χ3n) is 4.87. The minimum absolute atomic E-state index is 0.0261. The van der Waals surface area contributed by atoms with Crippen molar-refractivity contribution in [2.45, 2.75) is 39.7 Å². The zero-order valence-corrected chi connectivity index (χ0v) is 18.1. The number of benzene rings is 2. The van der Waals surface area contributed by atoms with Crippen LogP contribution in [-0.4, -0.2) is 29.9 Å². The molecule has 1 heterocycles. The monoisotopic (exact) mass is 423 g/mol. The molecule has 1 amide bonds. The standard InChI is InChI=1S/C24H30FN5O/c1-3-6-23(31)30-20-8-5-7-17(13-20)15-29-24(26-4-2)27-12-11-18-16-28-22-14-19(25)9-10-21(18)22/h5,7-10,13-14,16,28H,3-4,6,11-12,15H2,1-2H3,(H,30,31)(H2,26,27,29). The molecule has 1 aromatic heterocycles. The lowest BCUT2D eigenvalue weighted by molar-refractivity contribution is -0.116. The van der Waals surface area contributed by atoms with Gasteiger partial charge in [-0.25, -0.2) is 9.38 Å². The number of rotatable bonds is 9. The summed E-state index contributed by atoms with van der Waals surface area (Å²) in [5, 5.41) is 10.6. The van der Waals surface area contributed by atoms with Gasteiger partial charge in [0.15, 0.2) is 5.96 Å². The number of fused-ring (bicyclic) bond motifs is 1. The van der Waals surface area contributed by atoms with E-state index in [4.69, 9.17) is 0 Å². The number of amides is 1. The van der Waals surface area contributed by atoms with Crippen molar-refractivity contribution in [2.75, 3.05) is 18.4 Å². The van der Waals surface area contributed by atoms with Gasteiger partial charge in [0.2, 0.25) is 5.91 Å². The Balaban J connectivity index is 1.58. The fraction of sp³-hybridized carbons (Fsp3) is 0.333. The van der Waals surface area contributed by atoms with Crippen LogP contribution >= 0.6 is 0 Å². The number of nitrogens with zero attached hydrogens (tertiary/aromatic N) is 1. The Morgan fingerprint density at radius 3 is 2.81 bits per heavy atom. The van der Waals surface area contributed by atoms with Crippen LogP contribution in [0.2, 0.25) is 0 Å². The molecule has 0 aliphatic rings. The number of H-pyrrole nitrogens is 1. The fourth-order valence-corrected chi connectivity index (χ4v) is 3.39. The summed E-state index contributed by atoms with van der Waals surface area (Å²) in [6, 6.07) is 12.6. The molecule has 0 radical (unpaired) electrons. The van der Waals surface area contributed by atoms with Gasteiger partial charge in [-0.15, -0.1) is 0 Å². The first-order chi connectivity index (χ1) is 15.1. The zero-order chi connectivity index (χ0) is 22.1. The second kappa shape index (κ2) is 11.2. The lowest BCUT2D eigenvalue weighted by Gasteiger charge is -2.11. The van der Waals surface area contributed by atoms with E-state index in [-0.39, 0.29) is 11.7 Å². The highest BCUT2D eigenvalue weighted by molar-refractivity contribution is 5.90. The topological polar surface area (TPSA) is 81.3 Å². The van der Waals surface area contributed by atoms with Crippen molar-refractivity contribution < 1.29 is 9.18 Å². The molecule has 0 fully saturated rings. The summed E-state index contributed by atoms with van der Waals surface area (Å²) in [5.41, 5.74) is 3.75. The first-order valence-corrected chi connectivity index (χ1v) is 10.8. The molecular weight excluding hydrogens is 393 g/mol. The molecule has 7 heteroatoms. The van der Waals surface area contributed by atoms with Gasteiger partial charge in [-0.3, -0.25) is 4.79 Å². The Hall–Kier alpha value is -3.35. The van der Waals surface area contributed by atoms with Crippen LogP contribution in [0.5, 0.6) is 0 Å². The van der Waals surface area contributed by atoms with E-state index in [9.17, 15) is 9.18 Å². The van der Waals surface area contributed by atoms with Gasteiger partial charge in [-0.2, -0.15) is 0 Å². The van der Waals surface area contributed by atoms with Gasteiger partial charge in [-0.05, 0) is 61.2 Å². The lowest BCUT2D eigenvalue weighted by atomic mass is 10.1. The molecular formula is C24H30FN5O. The van der Waals surface area contributed by atoms with Crippen LogP contribution in [0.3, 0.4) is 0 Å². The molecule has 0 saturated carbocycles. The molecule has 6 nitrogen and oxygen atoms in total. The number of carbonyl (C=O) groups excluding carboxylic acids is 1. The van der Waals surface area contributed by atoms with Gasteiger partial charge in [0, 0.05) is 42.3 Å². The molecule has 3 rings (SSSR count). The van der Waals surface area contributed by atoms with Crippen molar-refractivity contribution in [3.05, 3.63) is 65.6 Å². The maximum atomic E-state index is 13.4. The smallest absolute Gasteiger partial charge is 0.224 e. The third-order valence-corrected chi connectivity index (χ3v) is 4.87. The molecule has 0 bridgehead atoms. The summed E-state index contributed by atoms with van der Waals surface area (Å²) < 4.78 is 13.4. The molecule has 0 atom stereocenters. The van der Waals surface area contributed by atoms with Crippen molar-refractivity contribution in [3.63, 3.8) is 0 Å². The number of hydrogen-bond acceptors (Lipinski definition) is 2. The number of guanidine groups is 1. The van der Waals surface area contributed by atoms with Crippen molar-refractivity contribution in [1.29, 1.82) is 0 Å². The molecule has 3 aromatic rings. The molecule has 31 heavy (non-hydrogen) atoms. The van der Waals surface area contributed by atoms with E-state index in [2.05, 4.69) is 25.9 Å². The number of hydrogen-bond donors (Lipinski definition) is 4. The number of carbonyl (C=O) groups is 1. The van der Waals surface area contributed by atoms with Crippen LogP contribution in [0.15, 0.2) is 53.7 Å². The Morgan fingerprint density at radius 1 is 1.13 bits per heavy atom. The van der Waals surface area contributed by atoms with E-state index >= 15 is 0 Å². The quantitative estimate of drug-likeness (QED) is 0.305. The molecule has 0 aliphatic carbocycles. The van der Waals surface area contributed by atoms with E-state index in [1.165, 1.54) is 12.1 Å². The number of aromatic nitrogens is 1. The minimum atomic E-state index is -0.241. The predicted molar refractivity (Wildman–Crippen MR) is 125 cm³/mol. The van der Waals surface area contributed by atoms with Gasteiger partial charge in [-0.1, -0.05) is 19.1 Å². The number of nitrogens with one attached hydrogen (secondary N) is 4. The summed E-state index contributed by atoms with van der Waals surface area (Å²) >= 11 is 0. The summed E-state index contributed by atoms with van der Waals surface area (Å²) in [6.45, 7) is 5.96. The Morgan fingerprint density at radius 2 is 2.00 bits per heavy atom. The van der Waals surface area contributed by atoms with Gasteiger partial charge in [0.25, 0.3) is 0 Å². The fourth-order valence-electron chi connectivity index (χ4n) is 3.39. The third kappa shape index (κ3) is 6.57. The first-order valence-electron chi connectivity index (χ1n) is 10.8. The van der Waals surface area contributed by atoms with Crippen LogP contribution in [0.4, 0.5) is 10.1 Å². The van der Waals surface area contributed by atoms with Crippen LogP contribution in [0.25, 0.3) is 10.9 Å². The maximum Gasteiger partial charge on any atom is 0.224 e. The summed E-state index contributed by atoms with van der Waals surface area (Å²) in [6.07, 6.45) is 4.05. The van der Waals surface area contributed by atoms with E-state index in [1.54, 1.807) is 0 Å². The molecule has 0 spiro atoms. The summed E-state index contributed by atoms with van der Waals surface area (Å²) in [5.74, 6) is 0.515. The van der Waals surface area contributed by atoms with Gasteiger partial charge in [0.1, 0.15) is 5.82 Å². The number of aromatic amines is 1. The Labute approximate surface area is 182 Å². The number of anilines is 1. The highest BCUT2D eigenvalue weighted by atomic mass is 19.1. The lowest BCUT2D eigenvalue weighted by Crippen LogP contribution is -2.38. The van der Waals surface area contributed by atoms with E-state index in [1.807, 2.05) is 50.4 Å². The normalized spacial score (nSPS) is 11.5. The molecule has 0 saturated heterocycles. The van der Waals surface area contributed by atoms with Crippen LogP contribution in [0, 0.1) is 5.82 Å². The van der Waals surface area contributed by atoms with E-state index < -0.39 is 0 Å². The minimum Gasteiger partial charge on any atom is -0.361 e. The second-order valence-corrected chi connectivity index (χ2v) is 7.37. The average molecular weight is 424 g/mol. The van der Waals surface area contributed by atoms with E-state index in [0.717, 1.165) is 53.1 Å². The average Bonchev–Trinajstić information content (AvgIpc) is 3.14. The number of halogens is 1. The van der Waals surface area contributed by atoms with Gasteiger partial charge < -0.3 is 20.9 Å². The Kier molecular flexibility index (Phi) is 8.04. The molecule has 0 aliphatic heterocycles. The van der Waals surface area contributed by atoms with Crippen molar-refractivity contribution in [2.24, 2.45) is 4.99 Å². The van der Waals surface area contributed by atoms with Crippen LogP contribution < -0.4 is 16.0 Å². The van der Waals surface area contributed by atoms with Crippen molar-refractivity contribution in [3.8, 4) is 0 Å². The first kappa shape index (κ1) is 22.3. The highest BCUT2D eigenvalue weighted by Crippen LogP contribution is 2.19. The van der Waals surface area contributed by atoms with E-state index in [0.29, 0.717) is 19.5 Å². The number of aliphatic imine (C=N–C) groups is 1. The predicted octanol–water partition coefficient (Wildman–Crippen LogP) is 4.34. The second-order valence-electron chi connectivity index (χ2n) is 7.37. The maximum absolute atomic E-state index is 13.4. The largest absolute Gasteiger partial charge is 0.361 e. The summed E-state index contributed by atoms with van der Waals surface area (Å²) in [4.78, 5) is 19.6. The van der Waals surface area contributed by atoms with Crippen molar-refractivity contribution >= 4 is 28.5 Å². The van der Waals surface area contributed by atoms with Crippen LogP contribution in [0.1, 0.15) is 37.8 Å². The molecule has 2 aromatic carbocycles. The van der Waals surface area contributed by atoms with Crippen LogP contribution in [-0.2, 0) is 17.8 Å². The molecule has 164 valence electrons. The Bertz CT molecular complexity index is 1040. The SMILES string of the molecule is CCCC(=O)Nc1cccc(CN=C(NCC)NCCc2c[nH]c3cc(F)ccc23)c1.